The van der Waals surface area contributed by atoms with Gasteiger partial charge in [0.1, 0.15) is 0 Å². The largest absolute Gasteiger partial charge is 0.395 e. The zero-order valence-electron chi connectivity index (χ0n) is 11.6. The van der Waals surface area contributed by atoms with Gasteiger partial charge in [0.05, 0.1) is 11.6 Å². The molecule has 0 aliphatic heterocycles. The zero-order valence-corrected chi connectivity index (χ0v) is 13.3. The van der Waals surface area contributed by atoms with Crippen LogP contribution >= 0.6 is 23.1 Å². The standard InChI is InChI=1S/C13H24N2OS2/c1-9(2)5-13-15-7-11(18-13)6-14-10(3)12(8-16)17-4/h7,9-10,12,14,16H,5-6,8H2,1-4H3. The smallest absolute Gasteiger partial charge is 0.0930 e. The number of aliphatic hydroxyl groups is 1. The third-order valence-corrected chi connectivity index (χ3v) is 5.01. The zero-order chi connectivity index (χ0) is 13.5. The molecule has 3 nitrogen and oxygen atoms in total. The summed E-state index contributed by atoms with van der Waals surface area (Å²) in [6.07, 6.45) is 5.06. The Hall–Kier alpha value is -0.100. The summed E-state index contributed by atoms with van der Waals surface area (Å²) in [6, 6.07) is 0.306. The first kappa shape index (κ1) is 16.0. The van der Waals surface area contributed by atoms with Crippen LogP contribution in [0, 0.1) is 5.92 Å². The van der Waals surface area contributed by atoms with Gasteiger partial charge in [-0.3, -0.25) is 0 Å². The molecule has 1 rings (SSSR count). The Bertz CT molecular complexity index is 337. The molecular weight excluding hydrogens is 264 g/mol. The molecule has 1 heterocycles. The first-order chi connectivity index (χ1) is 8.56. The SMILES string of the molecule is CSC(CO)C(C)NCc1cnc(CC(C)C)s1. The van der Waals surface area contributed by atoms with Gasteiger partial charge in [-0.2, -0.15) is 11.8 Å². The predicted octanol–water partition coefficient (Wildman–Crippen LogP) is 2.54. The molecule has 5 heteroatoms. The highest BCUT2D eigenvalue weighted by Gasteiger charge is 2.14. The summed E-state index contributed by atoms with van der Waals surface area (Å²) in [4.78, 5) is 5.72. The predicted molar refractivity (Wildman–Crippen MR) is 81.3 cm³/mol. The van der Waals surface area contributed by atoms with Crippen LogP contribution in [0.5, 0.6) is 0 Å². The maximum absolute atomic E-state index is 9.23. The molecule has 0 saturated carbocycles. The first-order valence-electron chi connectivity index (χ1n) is 6.37. The Balaban J connectivity index is 2.41. The van der Waals surface area contributed by atoms with Crippen LogP contribution < -0.4 is 5.32 Å². The summed E-state index contributed by atoms with van der Waals surface area (Å²) in [7, 11) is 0. The molecule has 0 fully saturated rings. The van der Waals surface area contributed by atoms with E-state index in [4.69, 9.17) is 0 Å². The average molecular weight is 288 g/mol. The van der Waals surface area contributed by atoms with Gasteiger partial charge in [0.25, 0.3) is 0 Å². The van der Waals surface area contributed by atoms with Crippen molar-refractivity contribution in [3.63, 3.8) is 0 Å². The Morgan fingerprint density at radius 1 is 1.44 bits per heavy atom. The molecule has 0 bridgehead atoms. The van der Waals surface area contributed by atoms with Gasteiger partial charge >= 0.3 is 0 Å². The van der Waals surface area contributed by atoms with E-state index in [1.807, 2.05) is 12.5 Å². The van der Waals surface area contributed by atoms with Crippen LogP contribution in [0.15, 0.2) is 6.20 Å². The van der Waals surface area contributed by atoms with E-state index in [1.165, 1.54) is 9.88 Å². The topological polar surface area (TPSA) is 45.1 Å². The van der Waals surface area contributed by atoms with Gasteiger partial charge in [0, 0.05) is 35.3 Å². The van der Waals surface area contributed by atoms with E-state index in [2.05, 4.69) is 31.1 Å². The third-order valence-electron chi connectivity index (χ3n) is 2.82. The minimum Gasteiger partial charge on any atom is -0.395 e. The number of rotatable bonds is 8. The lowest BCUT2D eigenvalue weighted by Crippen LogP contribution is -2.36. The summed E-state index contributed by atoms with van der Waals surface area (Å²) in [5.74, 6) is 0.658. The van der Waals surface area contributed by atoms with Crippen LogP contribution in [0.4, 0.5) is 0 Å². The van der Waals surface area contributed by atoms with Gasteiger partial charge in [0.2, 0.25) is 0 Å². The van der Waals surface area contributed by atoms with Gasteiger partial charge in [0.15, 0.2) is 0 Å². The number of nitrogens with one attached hydrogen (secondary N) is 1. The molecular formula is C13H24N2OS2. The Kier molecular flexibility index (Phi) is 7.22. The molecule has 1 aromatic heterocycles. The van der Waals surface area contributed by atoms with Gasteiger partial charge in [-0.05, 0) is 19.1 Å². The monoisotopic (exact) mass is 288 g/mol. The van der Waals surface area contributed by atoms with Crippen LogP contribution in [0.3, 0.4) is 0 Å². The number of hydrogen-bond acceptors (Lipinski definition) is 5. The van der Waals surface area contributed by atoms with Crippen LogP contribution in [-0.4, -0.2) is 34.2 Å². The van der Waals surface area contributed by atoms with Gasteiger partial charge in [-0.1, -0.05) is 13.8 Å². The number of thioether (sulfide) groups is 1. The molecule has 0 aromatic carbocycles. The lowest BCUT2D eigenvalue weighted by Gasteiger charge is -2.20. The van der Waals surface area contributed by atoms with Crippen molar-refractivity contribution in [2.45, 2.75) is 45.0 Å². The van der Waals surface area contributed by atoms with E-state index < -0.39 is 0 Å². The van der Waals surface area contributed by atoms with Crippen molar-refractivity contribution in [3.8, 4) is 0 Å². The average Bonchev–Trinajstić information content (AvgIpc) is 2.75. The summed E-state index contributed by atoms with van der Waals surface area (Å²) >= 11 is 3.49. The van der Waals surface area contributed by atoms with Crippen LogP contribution in [0.2, 0.25) is 0 Å². The van der Waals surface area contributed by atoms with E-state index >= 15 is 0 Å². The molecule has 2 unspecified atom stereocenters. The second-order valence-corrected chi connectivity index (χ2v) is 7.22. The van der Waals surface area contributed by atoms with Crippen molar-refractivity contribution >= 4 is 23.1 Å². The van der Waals surface area contributed by atoms with Crippen molar-refractivity contribution in [3.05, 3.63) is 16.1 Å². The number of nitrogens with zero attached hydrogens (tertiary/aromatic N) is 1. The van der Waals surface area contributed by atoms with Crippen LogP contribution in [0.25, 0.3) is 0 Å². The third kappa shape index (κ3) is 5.26. The van der Waals surface area contributed by atoms with E-state index in [-0.39, 0.29) is 11.9 Å². The lowest BCUT2D eigenvalue weighted by molar-refractivity contribution is 0.276. The Morgan fingerprint density at radius 2 is 2.17 bits per heavy atom. The summed E-state index contributed by atoms with van der Waals surface area (Å²) in [5.41, 5.74) is 0. The maximum atomic E-state index is 9.23. The number of thiazole rings is 1. The second-order valence-electron chi connectivity index (χ2n) is 4.94. The molecule has 0 saturated heterocycles. The fourth-order valence-corrected chi connectivity index (χ4v) is 3.44. The fraction of sp³-hybridized carbons (Fsp3) is 0.769. The molecule has 2 atom stereocenters. The molecule has 104 valence electrons. The van der Waals surface area contributed by atoms with Gasteiger partial charge in [-0.25, -0.2) is 4.98 Å². The molecule has 1 aromatic rings. The van der Waals surface area contributed by atoms with Gasteiger partial charge < -0.3 is 10.4 Å². The number of aromatic nitrogens is 1. The number of hydrogen-bond donors (Lipinski definition) is 2. The fourth-order valence-electron chi connectivity index (χ4n) is 1.70. The summed E-state index contributed by atoms with van der Waals surface area (Å²) < 4.78 is 0. The normalized spacial score (nSPS) is 15.0. The van der Waals surface area contributed by atoms with Crippen LogP contribution in [0.1, 0.15) is 30.7 Å². The molecule has 18 heavy (non-hydrogen) atoms. The number of aliphatic hydroxyl groups excluding tert-OH is 1. The molecule has 0 amide bonds. The van der Waals surface area contributed by atoms with Crippen molar-refractivity contribution < 1.29 is 5.11 Å². The van der Waals surface area contributed by atoms with Crippen molar-refractivity contribution in [2.24, 2.45) is 5.92 Å². The van der Waals surface area contributed by atoms with E-state index in [1.54, 1.807) is 23.1 Å². The summed E-state index contributed by atoms with van der Waals surface area (Å²) in [6.45, 7) is 7.61. The highest BCUT2D eigenvalue weighted by atomic mass is 32.2. The molecule has 0 spiro atoms. The highest BCUT2D eigenvalue weighted by Crippen LogP contribution is 2.17. The maximum Gasteiger partial charge on any atom is 0.0930 e. The van der Waals surface area contributed by atoms with Crippen LogP contribution in [-0.2, 0) is 13.0 Å². The van der Waals surface area contributed by atoms with Crippen molar-refractivity contribution in [1.29, 1.82) is 0 Å². The Morgan fingerprint density at radius 3 is 2.72 bits per heavy atom. The Labute approximate surface area is 118 Å². The van der Waals surface area contributed by atoms with Crippen molar-refractivity contribution in [2.75, 3.05) is 12.9 Å². The molecule has 2 N–H and O–H groups in total. The van der Waals surface area contributed by atoms with E-state index in [0.717, 1.165) is 13.0 Å². The quantitative estimate of drug-likeness (QED) is 0.771. The highest BCUT2D eigenvalue weighted by molar-refractivity contribution is 7.99. The lowest BCUT2D eigenvalue weighted by atomic mass is 10.1. The minimum absolute atomic E-state index is 0.219. The van der Waals surface area contributed by atoms with Gasteiger partial charge in [-0.15, -0.1) is 11.3 Å². The van der Waals surface area contributed by atoms with Crippen molar-refractivity contribution in [1.82, 2.24) is 10.3 Å². The molecule has 0 radical (unpaired) electrons. The van der Waals surface area contributed by atoms with E-state index in [9.17, 15) is 5.11 Å². The first-order valence-corrected chi connectivity index (χ1v) is 8.47. The van der Waals surface area contributed by atoms with E-state index in [0.29, 0.717) is 12.0 Å². The molecule has 0 aliphatic rings. The minimum atomic E-state index is 0.219. The summed E-state index contributed by atoms with van der Waals surface area (Å²) in [5, 5.41) is 14.2. The molecule has 0 aliphatic carbocycles. The second kappa shape index (κ2) is 8.15.